The van der Waals surface area contributed by atoms with Crippen molar-refractivity contribution in [3.63, 3.8) is 0 Å². The van der Waals surface area contributed by atoms with Crippen LogP contribution in [-0.2, 0) is 95.2 Å². The molecule has 0 aromatic rings. The Bertz CT molecular complexity index is 2140. The molecule has 22 nitrogen and oxygen atoms in total. The predicted octanol–water partition coefficient (Wildman–Crippen LogP) is 9.15. The molecule has 89 heavy (non-hydrogen) atoms. The highest BCUT2D eigenvalue weighted by molar-refractivity contribution is 8.00. The number of fused-ring (bicyclic) bond motifs is 2. The third kappa shape index (κ3) is 31.4. The van der Waals surface area contributed by atoms with Crippen LogP contribution in [0.4, 0.5) is 9.59 Å². The summed E-state index contributed by atoms with van der Waals surface area (Å²) in [5.41, 5.74) is -3.61. The van der Waals surface area contributed by atoms with E-state index in [0.29, 0.717) is 55.6 Å². The van der Waals surface area contributed by atoms with Crippen molar-refractivity contribution in [2.75, 3.05) is 106 Å². The lowest BCUT2D eigenvalue weighted by Crippen LogP contribution is -2.44. The molecule has 3 fully saturated rings. The third-order valence-corrected chi connectivity index (χ3v) is 19.7. The number of thioether (sulfide) groups is 2. The van der Waals surface area contributed by atoms with Crippen molar-refractivity contribution in [2.45, 2.75) is 153 Å². The summed E-state index contributed by atoms with van der Waals surface area (Å²) in [4.78, 5) is 127. The maximum atomic E-state index is 13.8. The predicted molar refractivity (Wildman–Crippen MR) is 353 cm³/mol. The van der Waals surface area contributed by atoms with E-state index in [9.17, 15) is 47.9 Å². The standard InChI is InChI=1S/C59H94O22S8/c1-38-22-41(26-45(38)88-20-12-51(64)75-32-58(28-71-47(60)8-16-82,29-72-48(61)9-17-83)34-77-55(68)79-36-86)23-39(2)54(67)81-57(4,5)14-6-7-15-70-40(3)53(66)44-25-42-24-43(44)46(27-42)89-21-13-52(65)76-33-59(30-73-49(62)10-18-84,31-74-50(63)11-19-85)35-78-56(69)80-37-87/h38-46,82-87H,6-37H2,1-5H3. The van der Waals surface area contributed by atoms with Gasteiger partial charge in [0.15, 0.2) is 5.78 Å². The third-order valence-electron chi connectivity index (χ3n) is 15.6. The molecule has 0 saturated heterocycles. The van der Waals surface area contributed by atoms with Gasteiger partial charge in [0, 0.05) is 57.5 Å². The van der Waals surface area contributed by atoms with E-state index in [4.69, 9.17) is 56.8 Å². The number of unbranched alkanes of at least 4 members (excludes halogenated alkanes) is 1. The number of carbonyl (C=O) groups excluding carboxylic acids is 10. The minimum absolute atomic E-state index is 0.00910. The second-order valence-electron chi connectivity index (χ2n) is 23.6. The fourth-order valence-corrected chi connectivity index (χ4v) is 14.7. The van der Waals surface area contributed by atoms with Gasteiger partial charge < -0.3 is 56.8 Å². The van der Waals surface area contributed by atoms with Gasteiger partial charge in [-0.25, -0.2) is 9.59 Å². The molecule has 0 amide bonds. The van der Waals surface area contributed by atoms with Crippen LogP contribution in [0.5, 0.6) is 0 Å². The summed E-state index contributed by atoms with van der Waals surface area (Å²) in [6, 6.07) is 0. The van der Waals surface area contributed by atoms with E-state index < -0.39 is 124 Å². The molecule has 0 aromatic heterocycles. The van der Waals surface area contributed by atoms with E-state index in [1.807, 2.05) is 20.8 Å². The second kappa shape index (κ2) is 43.3. The van der Waals surface area contributed by atoms with Gasteiger partial charge in [-0.15, -0.1) is 25.3 Å². The number of esters is 7. The first-order chi connectivity index (χ1) is 42.3. The number of hydrogen-bond acceptors (Lipinski definition) is 30. The summed E-state index contributed by atoms with van der Waals surface area (Å²) in [6.45, 7) is 6.68. The van der Waals surface area contributed by atoms with Gasteiger partial charge in [-0.05, 0) is 102 Å². The van der Waals surface area contributed by atoms with Crippen LogP contribution in [0.15, 0.2) is 0 Å². The van der Waals surface area contributed by atoms with Gasteiger partial charge in [0.05, 0.1) is 44.4 Å². The SMILES string of the molecule is CC(CC1CC(C)C(SCCC(=O)OCC(COC(=O)CCS)(COC(=O)CCS)COC(=O)OCS)C1)C(=O)OC(C)(C)CCCCOC(C)C(=O)C1CC2CC(SCCC(=O)OCC(COC(=O)CCS)(COC(=O)CCS)COC(=O)OCS)C1C2. The fourth-order valence-electron chi connectivity index (χ4n) is 10.8. The largest absolute Gasteiger partial charge is 0.509 e. The average Bonchev–Trinajstić information content (AvgIpc) is 1.84. The van der Waals surface area contributed by atoms with Crippen molar-refractivity contribution in [2.24, 2.45) is 46.3 Å². The van der Waals surface area contributed by atoms with Crippen LogP contribution < -0.4 is 0 Å². The van der Waals surface area contributed by atoms with Gasteiger partial charge in [-0.3, -0.25) is 38.4 Å². The number of rotatable bonds is 46. The summed E-state index contributed by atoms with van der Waals surface area (Å²) in [6.07, 6.45) is 4.41. The minimum atomic E-state index is -1.45. The monoisotopic (exact) mass is 1410 g/mol. The lowest BCUT2D eigenvalue weighted by molar-refractivity contribution is -0.168. The molecule has 0 radical (unpaired) electrons. The average molecular weight is 1410 g/mol. The van der Waals surface area contributed by atoms with Crippen LogP contribution in [0.1, 0.15) is 131 Å². The van der Waals surface area contributed by atoms with Gasteiger partial charge in [-0.2, -0.15) is 74.0 Å². The number of thiol groups is 6. The summed E-state index contributed by atoms with van der Waals surface area (Å²) in [5.74, 6) is -1.78. The number of ether oxygens (including phenoxy) is 12. The van der Waals surface area contributed by atoms with E-state index in [2.05, 4.69) is 82.7 Å². The number of ketones is 1. The van der Waals surface area contributed by atoms with Gasteiger partial charge in [0.2, 0.25) is 0 Å². The topological polar surface area (TPSA) is 281 Å². The Morgan fingerprint density at radius 1 is 0.494 bits per heavy atom. The highest BCUT2D eigenvalue weighted by Crippen LogP contribution is 2.53. The fraction of sp³-hybridized carbons (Fsp3) is 0.831. The van der Waals surface area contributed by atoms with Crippen molar-refractivity contribution in [3.8, 4) is 0 Å². The summed E-state index contributed by atoms with van der Waals surface area (Å²) in [7, 11) is 0. The quantitative estimate of drug-likeness (QED) is 0.0109. The zero-order valence-corrected chi connectivity index (χ0v) is 58.8. The molecule has 3 rings (SSSR count). The molecule has 9 atom stereocenters. The number of carbonyl (C=O) groups is 10. The smallest absolute Gasteiger partial charge is 0.465 e. The summed E-state index contributed by atoms with van der Waals surface area (Å²) < 4.78 is 65.0. The molecule has 0 N–H and O–H groups in total. The molecule has 30 heteroatoms. The molecule has 2 bridgehead atoms. The molecule has 3 saturated carbocycles. The van der Waals surface area contributed by atoms with Gasteiger partial charge >= 0.3 is 54.1 Å². The van der Waals surface area contributed by atoms with Crippen LogP contribution in [0.25, 0.3) is 0 Å². The normalized spacial score (nSPS) is 20.3. The molecule has 0 spiro atoms. The molecule has 3 aliphatic rings. The maximum absolute atomic E-state index is 13.8. The van der Waals surface area contributed by atoms with Gasteiger partial charge in [0.25, 0.3) is 0 Å². The van der Waals surface area contributed by atoms with Gasteiger partial charge in [0.1, 0.15) is 87.3 Å². The van der Waals surface area contributed by atoms with Gasteiger partial charge in [-0.1, -0.05) is 13.8 Å². The van der Waals surface area contributed by atoms with Crippen molar-refractivity contribution in [3.05, 3.63) is 0 Å². The number of hydrogen-bond donors (Lipinski definition) is 6. The Morgan fingerprint density at radius 2 is 0.910 bits per heavy atom. The molecular formula is C59H94O22S8. The molecule has 9 unspecified atom stereocenters. The van der Waals surface area contributed by atoms with Crippen LogP contribution in [-0.4, -0.2) is 188 Å². The molecule has 0 aliphatic heterocycles. The highest BCUT2D eigenvalue weighted by Gasteiger charge is 2.50. The Hall–Kier alpha value is -2.74. The van der Waals surface area contributed by atoms with E-state index in [-0.39, 0.29) is 119 Å². The van der Waals surface area contributed by atoms with E-state index >= 15 is 0 Å². The Kier molecular flexibility index (Phi) is 39.1. The first-order valence-corrected chi connectivity index (χ1v) is 36.0. The van der Waals surface area contributed by atoms with Crippen LogP contribution in [0.3, 0.4) is 0 Å². The Labute approximate surface area is 565 Å². The molecule has 0 heterocycles. The Balaban J connectivity index is 1.41. The number of Topliss-reactive ketones (excluding diaryl/α,β-unsaturated/α-hetero) is 1. The van der Waals surface area contributed by atoms with Crippen molar-refractivity contribution >= 4 is 159 Å². The zero-order valence-electron chi connectivity index (χ0n) is 51.8. The molecule has 0 aromatic carbocycles. The van der Waals surface area contributed by atoms with Crippen molar-refractivity contribution in [1.29, 1.82) is 0 Å². The molecule has 3 aliphatic carbocycles. The highest BCUT2D eigenvalue weighted by atomic mass is 32.2. The lowest BCUT2D eigenvalue weighted by atomic mass is 9.83. The maximum Gasteiger partial charge on any atom is 0.509 e. The minimum Gasteiger partial charge on any atom is -0.465 e. The summed E-state index contributed by atoms with van der Waals surface area (Å²) >= 11 is 27.2. The van der Waals surface area contributed by atoms with E-state index in [0.717, 1.165) is 32.1 Å². The Morgan fingerprint density at radius 3 is 1.33 bits per heavy atom. The van der Waals surface area contributed by atoms with E-state index in [1.54, 1.807) is 30.4 Å². The first-order valence-electron chi connectivity index (χ1n) is 30.1. The van der Waals surface area contributed by atoms with Crippen molar-refractivity contribution < 1.29 is 105 Å². The van der Waals surface area contributed by atoms with Crippen molar-refractivity contribution in [1.82, 2.24) is 0 Å². The van der Waals surface area contributed by atoms with Crippen LogP contribution >= 0.6 is 99.3 Å². The van der Waals surface area contributed by atoms with Crippen LogP contribution in [0, 0.1) is 46.3 Å². The second-order valence-corrected chi connectivity index (χ2v) is 28.6. The molecule has 510 valence electrons. The molecular weight excluding hydrogens is 1320 g/mol. The van der Waals surface area contributed by atoms with Crippen LogP contribution in [0.2, 0.25) is 0 Å². The zero-order chi connectivity index (χ0) is 66.0. The lowest BCUT2D eigenvalue weighted by Gasteiger charge is -2.31. The first kappa shape index (κ1) is 80.5. The summed E-state index contributed by atoms with van der Waals surface area (Å²) in [5, 5.41) is 0.420. The van der Waals surface area contributed by atoms with E-state index in [1.165, 1.54) is 0 Å².